The van der Waals surface area contributed by atoms with E-state index in [-0.39, 0.29) is 0 Å². The second kappa shape index (κ2) is 8.39. The molecule has 0 N–H and O–H groups in total. The Hall–Kier alpha value is -2.64. The summed E-state index contributed by atoms with van der Waals surface area (Å²) < 4.78 is 12.8. The Kier molecular flexibility index (Phi) is 5.69. The quantitative estimate of drug-likeness (QED) is 0.585. The molecule has 0 unspecified atom stereocenters. The zero-order valence-corrected chi connectivity index (χ0v) is 17.9. The highest BCUT2D eigenvalue weighted by Crippen LogP contribution is 2.22. The normalized spacial score (nSPS) is 14.9. The molecular weight excluding hydrogens is 384 g/mol. The van der Waals surface area contributed by atoms with E-state index < -0.39 is 0 Å². The lowest BCUT2D eigenvalue weighted by atomic mass is 10.1. The van der Waals surface area contributed by atoms with E-state index in [4.69, 9.17) is 21.4 Å². The summed E-state index contributed by atoms with van der Waals surface area (Å²) in [5.41, 5.74) is 4.65. The summed E-state index contributed by atoms with van der Waals surface area (Å²) in [4.78, 5) is 5.15. The van der Waals surface area contributed by atoms with Crippen LogP contribution < -0.4 is 9.64 Å². The van der Waals surface area contributed by atoms with Gasteiger partial charge in [-0.3, -0.25) is 4.90 Å². The summed E-state index contributed by atoms with van der Waals surface area (Å²) in [6.07, 6.45) is 0. The highest BCUT2D eigenvalue weighted by Gasteiger charge is 2.19. The average Bonchev–Trinajstić information content (AvgIpc) is 3.11. The van der Waals surface area contributed by atoms with Gasteiger partial charge in [0.25, 0.3) is 4.84 Å². The van der Waals surface area contributed by atoms with Crippen LogP contribution in [0.2, 0.25) is 0 Å². The SMILES string of the molecule is COc1ccc(N2CCN(Cn3nc(-c4ccc(C)c(C)c4)oc3=S)CC2)cc1. The van der Waals surface area contributed by atoms with Crippen LogP contribution >= 0.6 is 12.2 Å². The monoisotopic (exact) mass is 410 g/mol. The van der Waals surface area contributed by atoms with Gasteiger partial charge in [-0.05, 0) is 73.6 Å². The van der Waals surface area contributed by atoms with Gasteiger partial charge in [-0.25, -0.2) is 4.68 Å². The molecule has 0 amide bonds. The zero-order valence-electron chi connectivity index (χ0n) is 17.1. The molecule has 2 heterocycles. The third-order valence-electron chi connectivity index (χ3n) is 5.50. The second-order valence-corrected chi connectivity index (χ2v) is 7.77. The molecular formula is C22H26N4O2S. The van der Waals surface area contributed by atoms with Gasteiger partial charge in [0.15, 0.2) is 0 Å². The first-order valence-electron chi connectivity index (χ1n) is 9.80. The molecule has 4 rings (SSSR count). The van der Waals surface area contributed by atoms with E-state index in [1.165, 1.54) is 16.8 Å². The van der Waals surface area contributed by atoms with Gasteiger partial charge in [-0.15, -0.1) is 5.10 Å². The number of nitrogens with zero attached hydrogens (tertiary/aromatic N) is 4. The van der Waals surface area contributed by atoms with Gasteiger partial charge in [0.2, 0.25) is 5.89 Å². The van der Waals surface area contributed by atoms with E-state index in [0.717, 1.165) is 37.5 Å². The third-order valence-corrected chi connectivity index (χ3v) is 5.80. The van der Waals surface area contributed by atoms with Crippen LogP contribution in [0, 0.1) is 18.7 Å². The maximum absolute atomic E-state index is 5.77. The van der Waals surface area contributed by atoms with E-state index in [2.05, 4.69) is 53.0 Å². The van der Waals surface area contributed by atoms with Gasteiger partial charge in [-0.2, -0.15) is 0 Å². The zero-order chi connectivity index (χ0) is 20.4. The van der Waals surface area contributed by atoms with Gasteiger partial charge in [0.1, 0.15) is 5.75 Å². The molecule has 1 saturated heterocycles. The van der Waals surface area contributed by atoms with Crippen LogP contribution in [0.3, 0.4) is 0 Å². The first-order chi connectivity index (χ1) is 14.0. The summed E-state index contributed by atoms with van der Waals surface area (Å²) in [7, 11) is 1.69. The van der Waals surface area contributed by atoms with E-state index >= 15 is 0 Å². The Bertz CT molecular complexity index is 1030. The van der Waals surface area contributed by atoms with Crippen molar-refractivity contribution in [3.8, 4) is 17.2 Å². The molecule has 152 valence electrons. The smallest absolute Gasteiger partial charge is 0.288 e. The van der Waals surface area contributed by atoms with Crippen molar-refractivity contribution < 1.29 is 9.15 Å². The fourth-order valence-electron chi connectivity index (χ4n) is 3.52. The van der Waals surface area contributed by atoms with Crippen LogP contribution in [0.1, 0.15) is 11.1 Å². The van der Waals surface area contributed by atoms with Crippen LogP contribution in [0.4, 0.5) is 5.69 Å². The summed E-state index contributed by atoms with van der Waals surface area (Å²) in [6.45, 7) is 8.64. The van der Waals surface area contributed by atoms with Crippen LogP contribution in [0.5, 0.6) is 5.75 Å². The molecule has 0 radical (unpaired) electrons. The number of rotatable bonds is 5. The predicted octanol–water partition coefficient (Wildman–Crippen LogP) is 4.28. The lowest BCUT2D eigenvalue weighted by molar-refractivity contribution is 0.192. The molecule has 6 nitrogen and oxygen atoms in total. The van der Waals surface area contributed by atoms with Gasteiger partial charge in [0.05, 0.1) is 13.8 Å². The first-order valence-corrected chi connectivity index (χ1v) is 10.2. The number of hydrogen-bond acceptors (Lipinski definition) is 6. The predicted molar refractivity (Wildman–Crippen MR) is 117 cm³/mol. The molecule has 0 bridgehead atoms. The summed E-state index contributed by atoms with van der Waals surface area (Å²) in [6, 6.07) is 14.4. The molecule has 0 atom stereocenters. The summed E-state index contributed by atoms with van der Waals surface area (Å²) >= 11 is 5.41. The van der Waals surface area contributed by atoms with Crippen molar-refractivity contribution in [2.75, 3.05) is 38.2 Å². The highest BCUT2D eigenvalue weighted by molar-refractivity contribution is 7.71. The van der Waals surface area contributed by atoms with Crippen LogP contribution in [0.25, 0.3) is 11.5 Å². The van der Waals surface area contributed by atoms with Crippen LogP contribution in [0.15, 0.2) is 46.9 Å². The number of benzene rings is 2. The van der Waals surface area contributed by atoms with Crippen molar-refractivity contribution >= 4 is 17.9 Å². The minimum absolute atomic E-state index is 0.413. The Balaban J connectivity index is 1.40. The Morgan fingerprint density at radius 3 is 2.38 bits per heavy atom. The molecule has 2 aromatic carbocycles. The van der Waals surface area contributed by atoms with Gasteiger partial charge in [0, 0.05) is 37.4 Å². The van der Waals surface area contributed by atoms with E-state index in [1.807, 2.05) is 18.2 Å². The lowest BCUT2D eigenvalue weighted by Crippen LogP contribution is -2.46. The molecule has 29 heavy (non-hydrogen) atoms. The van der Waals surface area contributed by atoms with Crippen molar-refractivity contribution in [2.24, 2.45) is 0 Å². The van der Waals surface area contributed by atoms with Crippen molar-refractivity contribution in [1.29, 1.82) is 0 Å². The Labute approximate surface area is 176 Å². The summed E-state index contributed by atoms with van der Waals surface area (Å²) in [5.74, 6) is 1.46. The number of methoxy groups -OCH3 is 1. The fourth-order valence-corrected chi connectivity index (χ4v) is 3.69. The highest BCUT2D eigenvalue weighted by atomic mass is 32.1. The second-order valence-electron chi connectivity index (χ2n) is 7.42. The van der Waals surface area contributed by atoms with Crippen molar-refractivity contribution in [3.63, 3.8) is 0 Å². The molecule has 7 heteroatoms. The molecule has 1 aromatic heterocycles. The number of aryl methyl sites for hydroxylation is 2. The average molecular weight is 411 g/mol. The minimum Gasteiger partial charge on any atom is -0.497 e. The standard InChI is InChI=1S/C22H26N4O2S/c1-16-4-5-18(14-17(16)2)21-23-26(22(29)28-21)15-24-10-12-25(13-11-24)19-6-8-20(27-3)9-7-19/h4-9,14H,10-13,15H2,1-3H3. The Morgan fingerprint density at radius 1 is 1.00 bits per heavy atom. The van der Waals surface area contributed by atoms with E-state index in [1.54, 1.807) is 11.8 Å². The van der Waals surface area contributed by atoms with Crippen molar-refractivity contribution in [1.82, 2.24) is 14.7 Å². The molecule has 0 aliphatic carbocycles. The van der Waals surface area contributed by atoms with E-state index in [0.29, 0.717) is 17.4 Å². The van der Waals surface area contributed by atoms with Crippen LogP contribution in [-0.4, -0.2) is 48.0 Å². The number of ether oxygens (including phenoxy) is 1. The topological polar surface area (TPSA) is 46.7 Å². The number of anilines is 1. The molecule has 1 fully saturated rings. The number of piperazine rings is 1. The van der Waals surface area contributed by atoms with Crippen molar-refractivity contribution in [3.05, 3.63) is 58.4 Å². The molecule has 0 spiro atoms. The molecule has 1 aliphatic heterocycles. The van der Waals surface area contributed by atoms with Gasteiger partial charge in [-0.1, -0.05) is 6.07 Å². The van der Waals surface area contributed by atoms with E-state index in [9.17, 15) is 0 Å². The minimum atomic E-state index is 0.413. The molecule has 3 aromatic rings. The largest absolute Gasteiger partial charge is 0.497 e. The maximum atomic E-state index is 5.77. The molecule has 1 aliphatic rings. The van der Waals surface area contributed by atoms with Gasteiger partial charge < -0.3 is 14.1 Å². The maximum Gasteiger partial charge on any atom is 0.288 e. The molecule has 0 saturated carbocycles. The summed E-state index contributed by atoms with van der Waals surface area (Å²) in [5, 5.41) is 4.62. The van der Waals surface area contributed by atoms with Crippen LogP contribution in [-0.2, 0) is 6.67 Å². The van der Waals surface area contributed by atoms with Crippen molar-refractivity contribution in [2.45, 2.75) is 20.5 Å². The third kappa shape index (κ3) is 4.36. The first kappa shape index (κ1) is 19.7. The fraction of sp³-hybridized carbons (Fsp3) is 0.364. The lowest BCUT2D eigenvalue weighted by Gasteiger charge is -2.35. The number of aromatic nitrogens is 2. The Morgan fingerprint density at radius 2 is 1.72 bits per heavy atom. The van der Waals surface area contributed by atoms with Gasteiger partial charge >= 0.3 is 0 Å². The number of hydrogen-bond donors (Lipinski definition) is 0.